The van der Waals surface area contributed by atoms with Gasteiger partial charge < -0.3 is 14.4 Å². The van der Waals surface area contributed by atoms with Crippen molar-refractivity contribution in [3.05, 3.63) is 29.8 Å². The smallest absolute Gasteiger partial charge is 0.119 e. The fourth-order valence-corrected chi connectivity index (χ4v) is 2.53. The number of piperazine rings is 1. The molecule has 124 valence electrons. The summed E-state index contributed by atoms with van der Waals surface area (Å²) in [7, 11) is 2.18. The highest BCUT2D eigenvalue weighted by Crippen LogP contribution is 2.18. The molecule has 1 aromatic carbocycles. The Labute approximate surface area is 135 Å². The van der Waals surface area contributed by atoms with E-state index in [1.165, 1.54) is 5.56 Å². The molecule has 0 atom stereocenters. The Morgan fingerprint density at radius 2 is 1.64 bits per heavy atom. The van der Waals surface area contributed by atoms with E-state index in [0.717, 1.165) is 45.1 Å². The maximum Gasteiger partial charge on any atom is 0.119 e. The molecule has 4 nitrogen and oxygen atoms in total. The van der Waals surface area contributed by atoms with Gasteiger partial charge in [-0.2, -0.15) is 0 Å². The van der Waals surface area contributed by atoms with Crippen molar-refractivity contribution in [2.75, 3.05) is 59.6 Å². The Morgan fingerprint density at radius 1 is 0.955 bits per heavy atom. The minimum atomic E-state index is 0.562. The molecule has 0 unspecified atom stereocenters. The van der Waals surface area contributed by atoms with Crippen LogP contribution in [0.25, 0.3) is 0 Å². The summed E-state index contributed by atoms with van der Waals surface area (Å²) in [5, 5.41) is 0. The van der Waals surface area contributed by atoms with Crippen LogP contribution < -0.4 is 4.74 Å². The predicted molar refractivity (Wildman–Crippen MR) is 90.8 cm³/mol. The second kappa shape index (κ2) is 9.13. The summed E-state index contributed by atoms with van der Waals surface area (Å²) in [4.78, 5) is 4.83. The van der Waals surface area contributed by atoms with Crippen LogP contribution in [0.5, 0.6) is 5.75 Å². The fraction of sp³-hybridized carbons (Fsp3) is 0.667. The van der Waals surface area contributed by atoms with Crippen LogP contribution in [0.2, 0.25) is 0 Å². The molecule has 0 radical (unpaired) electrons. The van der Waals surface area contributed by atoms with Crippen molar-refractivity contribution in [1.82, 2.24) is 9.80 Å². The third-order valence-corrected chi connectivity index (χ3v) is 4.19. The van der Waals surface area contributed by atoms with Crippen molar-refractivity contribution >= 4 is 0 Å². The molecule has 0 N–H and O–H groups in total. The van der Waals surface area contributed by atoms with E-state index in [1.807, 2.05) is 12.1 Å². The zero-order valence-corrected chi connectivity index (χ0v) is 14.3. The number of likely N-dealkylation sites (N-methyl/N-ethyl adjacent to an activating group) is 1. The van der Waals surface area contributed by atoms with Crippen LogP contribution in [0.3, 0.4) is 0 Å². The predicted octanol–water partition coefficient (Wildman–Crippen LogP) is 2.45. The van der Waals surface area contributed by atoms with E-state index >= 15 is 0 Å². The Balaban J connectivity index is 1.52. The Hall–Kier alpha value is -1.10. The number of nitrogens with zero attached hydrogens (tertiary/aromatic N) is 2. The lowest BCUT2D eigenvalue weighted by molar-refractivity contribution is 0.0658. The van der Waals surface area contributed by atoms with E-state index in [0.29, 0.717) is 19.1 Å². The van der Waals surface area contributed by atoms with Gasteiger partial charge in [0.05, 0.1) is 13.2 Å². The van der Waals surface area contributed by atoms with Gasteiger partial charge in [-0.1, -0.05) is 26.0 Å². The molecule has 0 spiro atoms. The first-order valence-corrected chi connectivity index (χ1v) is 8.36. The SMILES string of the molecule is CC(C)c1ccc(OCCOCCN2CCN(C)CC2)cc1. The molecule has 0 bridgehead atoms. The second-order valence-corrected chi connectivity index (χ2v) is 6.33. The van der Waals surface area contributed by atoms with E-state index in [9.17, 15) is 0 Å². The molecule has 0 amide bonds. The topological polar surface area (TPSA) is 24.9 Å². The lowest BCUT2D eigenvalue weighted by atomic mass is 10.0. The van der Waals surface area contributed by atoms with E-state index in [4.69, 9.17) is 9.47 Å². The summed E-state index contributed by atoms with van der Waals surface area (Å²) in [5.41, 5.74) is 1.34. The molecule has 1 saturated heterocycles. The van der Waals surface area contributed by atoms with E-state index in [-0.39, 0.29) is 0 Å². The molecule has 1 aliphatic heterocycles. The van der Waals surface area contributed by atoms with Crippen LogP contribution in [0.15, 0.2) is 24.3 Å². The summed E-state index contributed by atoms with van der Waals surface area (Å²) in [6, 6.07) is 8.35. The molecule has 1 aliphatic rings. The molecule has 22 heavy (non-hydrogen) atoms. The molecule has 1 heterocycles. The molecule has 1 aromatic rings. The maximum absolute atomic E-state index is 5.70. The number of rotatable bonds is 8. The third-order valence-electron chi connectivity index (χ3n) is 4.19. The van der Waals surface area contributed by atoms with Crippen LogP contribution in [0, 0.1) is 0 Å². The molecule has 4 heteroatoms. The molecule has 0 aromatic heterocycles. The average Bonchev–Trinajstić information content (AvgIpc) is 2.53. The summed E-state index contributed by atoms with van der Waals surface area (Å²) in [5.74, 6) is 1.49. The summed E-state index contributed by atoms with van der Waals surface area (Å²) >= 11 is 0. The highest BCUT2D eigenvalue weighted by Gasteiger charge is 2.12. The van der Waals surface area contributed by atoms with Gasteiger partial charge in [0.15, 0.2) is 0 Å². The zero-order valence-electron chi connectivity index (χ0n) is 14.3. The second-order valence-electron chi connectivity index (χ2n) is 6.33. The van der Waals surface area contributed by atoms with Gasteiger partial charge in [0.2, 0.25) is 0 Å². The van der Waals surface area contributed by atoms with Gasteiger partial charge in [0.25, 0.3) is 0 Å². The Kier molecular flexibility index (Phi) is 7.16. The molecule has 1 fully saturated rings. The maximum atomic E-state index is 5.70. The van der Waals surface area contributed by atoms with Gasteiger partial charge in [0.1, 0.15) is 12.4 Å². The molecule has 0 aliphatic carbocycles. The minimum absolute atomic E-state index is 0.562. The lowest BCUT2D eigenvalue weighted by Gasteiger charge is -2.32. The lowest BCUT2D eigenvalue weighted by Crippen LogP contribution is -2.45. The molecular formula is C18H30N2O2. The molecular weight excluding hydrogens is 276 g/mol. The summed E-state index contributed by atoms with van der Waals surface area (Å²) < 4.78 is 11.4. The van der Waals surface area contributed by atoms with E-state index in [2.05, 4.69) is 42.8 Å². The minimum Gasteiger partial charge on any atom is -0.491 e. The number of hydrogen-bond acceptors (Lipinski definition) is 4. The number of benzene rings is 1. The molecule has 2 rings (SSSR count). The third kappa shape index (κ3) is 5.95. The van der Waals surface area contributed by atoms with Gasteiger partial charge in [-0.05, 0) is 30.7 Å². The zero-order chi connectivity index (χ0) is 15.8. The fourth-order valence-electron chi connectivity index (χ4n) is 2.53. The first-order valence-electron chi connectivity index (χ1n) is 8.36. The van der Waals surface area contributed by atoms with Crippen molar-refractivity contribution < 1.29 is 9.47 Å². The van der Waals surface area contributed by atoms with Crippen molar-refractivity contribution in [3.63, 3.8) is 0 Å². The first-order chi connectivity index (χ1) is 10.6. The van der Waals surface area contributed by atoms with Crippen molar-refractivity contribution in [2.24, 2.45) is 0 Å². The van der Waals surface area contributed by atoms with Crippen LogP contribution in [-0.4, -0.2) is 69.4 Å². The summed E-state index contributed by atoms with van der Waals surface area (Å²) in [6.07, 6.45) is 0. The Bertz CT molecular complexity index is 412. The van der Waals surface area contributed by atoms with E-state index < -0.39 is 0 Å². The Morgan fingerprint density at radius 3 is 2.27 bits per heavy atom. The van der Waals surface area contributed by atoms with Crippen molar-refractivity contribution in [2.45, 2.75) is 19.8 Å². The number of hydrogen-bond donors (Lipinski definition) is 0. The number of ether oxygens (including phenoxy) is 2. The normalized spacial score (nSPS) is 17.1. The first kappa shape index (κ1) is 17.3. The van der Waals surface area contributed by atoms with Crippen LogP contribution >= 0.6 is 0 Å². The standard InChI is InChI=1S/C18H30N2O2/c1-16(2)17-4-6-18(7-5-17)22-15-14-21-13-12-20-10-8-19(3)9-11-20/h4-7,16H,8-15H2,1-3H3. The van der Waals surface area contributed by atoms with E-state index in [1.54, 1.807) is 0 Å². The largest absolute Gasteiger partial charge is 0.491 e. The molecule has 0 saturated carbocycles. The van der Waals surface area contributed by atoms with Crippen LogP contribution in [0.4, 0.5) is 0 Å². The van der Waals surface area contributed by atoms with Crippen LogP contribution in [-0.2, 0) is 4.74 Å². The van der Waals surface area contributed by atoms with Gasteiger partial charge in [-0.15, -0.1) is 0 Å². The van der Waals surface area contributed by atoms with Crippen molar-refractivity contribution in [1.29, 1.82) is 0 Å². The monoisotopic (exact) mass is 306 g/mol. The van der Waals surface area contributed by atoms with Crippen LogP contribution in [0.1, 0.15) is 25.3 Å². The average molecular weight is 306 g/mol. The van der Waals surface area contributed by atoms with Gasteiger partial charge in [-0.25, -0.2) is 0 Å². The van der Waals surface area contributed by atoms with Gasteiger partial charge >= 0.3 is 0 Å². The highest BCUT2D eigenvalue weighted by molar-refractivity contribution is 5.28. The quantitative estimate of drug-likeness (QED) is 0.689. The van der Waals surface area contributed by atoms with Gasteiger partial charge in [-0.3, -0.25) is 4.90 Å². The van der Waals surface area contributed by atoms with Gasteiger partial charge in [0, 0.05) is 32.7 Å². The van der Waals surface area contributed by atoms with Crippen molar-refractivity contribution in [3.8, 4) is 5.75 Å². The highest BCUT2D eigenvalue weighted by atomic mass is 16.5. The summed E-state index contributed by atoms with van der Waals surface area (Å²) in [6.45, 7) is 12.1.